The Bertz CT molecular complexity index is 1290. The van der Waals surface area contributed by atoms with Crippen molar-refractivity contribution in [1.29, 1.82) is 0 Å². The van der Waals surface area contributed by atoms with Crippen LogP contribution >= 0.6 is 0 Å². The minimum atomic E-state index is -0.428. The molecule has 2 aromatic heterocycles. The van der Waals surface area contributed by atoms with Gasteiger partial charge in [-0.2, -0.15) is 0 Å². The number of carbonyl (C=O) groups excluding carboxylic acids is 2. The number of aromatic nitrogens is 4. The molecule has 0 saturated carbocycles. The van der Waals surface area contributed by atoms with Gasteiger partial charge in [0, 0.05) is 62.5 Å². The molecule has 0 radical (unpaired) electrons. The summed E-state index contributed by atoms with van der Waals surface area (Å²) in [6.07, 6.45) is 8.15. The van der Waals surface area contributed by atoms with E-state index < -0.39 is 11.4 Å². The highest BCUT2D eigenvalue weighted by molar-refractivity contribution is 5.77. The van der Waals surface area contributed by atoms with E-state index in [0.29, 0.717) is 102 Å². The number of aromatic amines is 2. The van der Waals surface area contributed by atoms with Crippen molar-refractivity contribution in [2.24, 2.45) is 0 Å². The first kappa shape index (κ1) is 34.4. The van der Waals surface area contributed by atoms with Gasteiger partial charge in [0.2, 0.25) is 11.8 Å². The van der Waals surface area contributed by atoms with Crippen molar-refractivity contribution in [3.63, 3.8) is 0 Å². The highest BCUT2D eigenvalue weighted by Crippen LogP contribution is 2.08. The summed E-state index contributed by atoms with van der Waals surface area (Å²) in [6, 6.07) is 0. The molecule has 14 nitrogen and oxygen atoms in total. The number of unbranched alkanes of at least 4 members (excludes halogenated alkanes) is 4. The number of amides is 2. The van der Waals surface area contributed by atoms with Crippen LogP contribution in [0.25, 0.3) is 0 Å². The van der Waals surface area contributed by atoms with Gasteiger partial charge in [-0.15, -0.1) is 0 Å². The lowest BCUT2D eigenvalue weighted by molar-refractivity contribution is -0.369. The van der Waals surface area contributed by atoms with E-state index in [4.69, 9.17) is 0 Å². The number of aryl methyl sites for hydroxylation is 4. The summed E-state index contributed by atoms with van der Waals surface area (Å²) in [7, 11) is 0. The molecule has 0 atom stereocenters. The molecule has 14 heteroatoms. The van der Waals surface area contributed by atoms with Crippen molar-refractivity contribution in [3.05, 3.63) is 65.2 Å². The van der Waals surface area contributed by atoms with Gasteiger partial charge in [0.05, 0.1) is 26.2 Å². The number of hydrogen-bond donors (Lipinski definition) is 4. The molecular weight excluding hydrogens is 544 g/mol. The first-order chi connectivity index (χ1) is 20.1. The van der Waals surface area contributed by atoms with E-state index in [2.05, 4.69) is 21.4 Å². The zero-order chi connectivity index (χ0) is 31.1. The zero-order valence-corrected chi connectivity index (χ0v) is 25.1. The minimum Gasteiger partial charge on any atom is -0.356 e. The fourth-order valence-electron chi connectivity index (χ4n) is 4.70. The van der Waals surface area contributed by atoms with Crippen LogP contribution < -0.4 is 34.0 Å². The summed E-state index contributed by atoms with van der Waals surface area (Å²) in [6.45, 7) is 7.29. The fraction of sp³-hybridized carbons (Fsp3) is 0.643. The summed E-state index contributed by atoms with van der Waals surface area (Å²) in [4.78, 5) is 80.8. The molecule has 2 amide bonds. The number of nitrogens with one attached hydrogen (secondary N) is 2. The molecule has 0 saturated heterocycles. The molecule has 0 bridgehead atoms. The van der Waals surface area contributed by atoms with Crippen molar-refractivity contribution in [2.75, 3.05) is 39.3 Å². The Morgan fingerprint density at radius 3 is 1.38 bits per heavy atom. The Morgan fingerprint density at radius 1 is 0.643 bits per heavy atom. The van der Waals surface area contributed by atoms with Crippen LogP contribution in [0.3, 0.4) is 0 Å². The van der Waals surface area contributed by atoms with Crippen LogP contribution in [0, 0.1) is 13.8 Å². The number of carbonyl (C=O) groups is 2. The topological polar surface area (TPSA) is 206 Å². The van der Waals surface area contributed by atoms with Crippen LogP contribution in [-0.4, -0.2) is 80.0 Å². The van der Waals surface area contributed by atoms with Crippen LogP contribution in [-0.2, 0) is 22.7 Å². The van der Waals surface area contributed by atoms with Crippen molar-refractivity contribution >= 4 is 11.8 Å². The summed E-state index contributed by atoms with van der Waals surface area (Å²) >= 11 is 0. The van der Waals surface area contributed by atoms with E-state index in [0.717, 1.165) is 12.8 Å². The average Bonchev–Trinajstić information content (AvgIpc) is 2.94. The molecule has 8 N–H and O–H groups in total. The van der Waals surface area contributed by atoms with Gasteiger partial charge in [0.15, 0.2) is 0 Å². The van der Waals surface area contributed by atoms with E-state index in [1.54, 1.807) is 36.0 Å². The largest absolute Gasteiger partial charge is 0.356 e. The lowest BCUT2D eigenvalue weighted by atomic mass is 10.1. The Hall–Kier alpha value is -3.78. The van der Waals surface area contributed by atoms with Crippen molar-refractivity contribution in [3.8, 4) is 0 Å². The molecule has 0 spiro atoms. The number of hydrogen-bond acceptors (Lipinski definition) is 6. The van der Waals surface area contributed by atoms with Gasteiger partial charge in [-0.05, 0) is 39.5 Å². The predicted molar refractivity (Wildman–Crippen MR) is 158 cm³/mol. The van der Waals surface area contributed by atoms with Gasteiger partial charge < -0.3 is 30.4 Å². The Balaban J connectivity index is 1.75. The van der Waals surface area contributed by atoms with Gasteiger partial charge in [0.25, 0.3) is 11.1 Å². The van der Waals surface area contributed by atoms with Crippen molar-refractivity contribution in [2.45, 2.75) is 78.3 Å². The second-order valence-corrected chi connectivity index (χ2v) is 10.6. The van der Waals surface area contributed by atoms with Crippen molar-refractivity contribution in [1.82, 2.24) is 28.9 Å². The third-order valence-electron chi connectivity index (χ3n) is 7.16. The van der Waals surface area contributed by atoms with Gasteiger partial charge in [-0.25, -0.2) is 9.59 Å². The smallest absolute Gasteiger partial charge is 0.328 e. The van der Waals surface area contributed by atoms with E-state index >= 15 is 0 Å². The molecule has 42 heavy (non-hydrogen) atoms. The summed E-state index contributed by atoms with van der Waals surface area (Å²) in [5, 5.41) is 0. The van der Waals surface area contributed by atoms with Gasteiger partial charge in [-0.1, -0.05) is 12.8 Å². The molecule has 2 rings (SSSR count). The second kappa shape index (κ2) is 17.9. The van der Waals surface area contributed by atoms with E-state index in [9.17, 15) is 28.8 Å². The highest BCUT2D eigenvalue weighted by Gasteiger charge is 2.18. The molecule has 0 aliphatic carbocycles. The number of quaternary nitrogens is 2. The lowest BCUT2D eigenvalue weighted by Crippen LogP contribution is -2.58. The van der Waals surface area contributed by atoms with E-state index in [-0.39, 0.29) is 22.9 Å². The molecule has 2 heterocycles. The molecule has 0 aromatic carbocycles. The maximum absolute atomic E-state index is 12.9. The Kier molecular flexibility index (Phi) is 14.7. The first-order valence-electron chi connectivity index (χ1n) is 14.8. The lowest BCUT2D eigenvalue weighted by Gasteiger charge is -2.27. The number of nitrogens with zero attached hydrogens (tertiary/aromatic N) is 4. The monoisotopic (exact) mass is 592 g/mol. The molecule has 0 aliphatic heterocycles. The third-order valence-corrected chi connectivity index (χ3v) is 7.16. The molecule has 2 aromatic rings. The second-order valence-electron chi connectivity index (χ2n) is 10.6. The summed E-state index contributed by atoms with van der Waals surface area (Å²) in [5.41, 5.74) is 7.12. The van der Waals surface area contributed by atoms with E-state index in [1.807, 2.05) is 0 Å². The molecule has 234 valence electrons. The predicted octanol–water partition coefficient (Wildman–Crippen LogP) is -2.03. The van der Waals surface area contributed by atoms with Gasteiger partial charge in [0.1, 0.15) is 0 Å². The summed E-state index contributed by atoms with van der Waals surface area (Å²) in [5.74, 6) is 0.0379. The zero-order valence-electron chi connectivity index (χ0n) is 25.1. The number of rotatable bonds is 19. The quantitative estimate of drug-likeness (QED) is 0.135. The van der Waals surface area contributed by atoms with Crippen LogP contribution in [0.1, 0.15) is 62.5 Å². The molecule has 0 unspecified atom stereocenters. The van der Waals surface area contributed by atoms with Gasteiger partial charge >= 0.3 is 11.4 Å². The van der Waals surface area contributed by atoms with Crippen LogP contribution in [0.2, 0.25) is 0 Å². The Labute approximate surface area is 244 Å². The fourth-order valence-corrected chi connectivity index (χ4v) is 4.70. The molecule has 0 aliphatic rings. The molecule has 0 fully saturated rings. The van der Waals surface area contributed by atoms with E-state index in [1.165, 1.54) is 9.13 Å². The standard InChI is InChI=1S/C28H46N8O6/c1-21-19-35(27(41)31-25(21)39)13-7-3-5-9-23(37)33(15-11-29)17-18-34(16-12-30)24(38)10-6-4-8-14-36-20-22(2)26(40)32-28(36)42/h19-20H,3-18,29-30H2,1-2H3,(H,31,39,41)(H,32,40,42)/p+2. The molecular formula is C28H48N8O6+2. The first-order valence-corrected chi connectivity index (χ1v) is 14.8. The summed E-state index contributed by atoms with van der Waals surface area (Å²) < 4.78 is 2.96. The van der Waals surface area contributed by atoms with Crippen molar-refractivity contribution < 1.29 is 21.1 Å². The van der Waals surface area contributed by atoms with Crippen LogP contribution in [0.15, 0.2) is 31.6 Å². The maximum atomic E-state index is 12.9. The average molecular weight is 593 g/mol. The Morgan fingerprint density at radius 2 is 1.02 bits per heavy atom. The maximum Gasteiger partial charge on any atom is 0.328 e. The van der Waals surface area contributed by atoms with Crippen LogP contribution in [0.4, 0.5) is 0 Å². The van der Waals surface area contributed by atoms with Crippen LogP contribution in [0.5, 0.6) is 0 Å². The highest BCUT2D eigenvalue weighted by atomic mass is 16.2. The minimum absolute atomic E-state index is 0.0189. The SMILES string of the molecule is Cc1cn(CCCCCC(=O)N(CC[NH3+])CCN(CC[NH3+])C(=O)CCCCCn2cc(C)c(=O)[nH]c2=O)c(=O)[nH]c1=O. The number of H-pyrrole nitrogens is 2. The normalized spacial score (nSPS) is 11.0. The van der Waals surface area contributed by atoms with Gasteiger partial charge in [-0.3, -0.25) is 29.1 Å². The third kappa shape index (κ3) is 11.2.